The van der Waals surface area contributed by atoms with Crippen molar-refractivity contribution in [1.82, 2.24) is 9.97 Å². The average Bonchev–Trinajstić information content (AvgIpc) is 2.47. The van der Waals surface area contributed by atoms with Crippen molar-refractivity contribution >= 4 is 23.1 Å². The predicted octanol–water partition coefficient (Wildman–Crippen LogP) is 2.04. The van der Waals surface area contributed by atoms with E-state index < -0.39 is 4.92 Å². The molecule has 0 aliphatic rings. The number of nitro groups is 1. The minimum absolute atomic E-state index is 0.0772. The molecule has 0 unspecified atom stereocenters. The molecule has 2 rings (SSSR count). The van der Waals surface area contributed by atoms with Gasteiger partial charge in [-0.2, -0.15) is 4.98 Å². The van der Waals surface area contributed by atoms with Crippen LogP contribution in [0.15, 0.2) is 36.5 Å². The van der Waals surface area contributed by atoms with Gasteiger partial charge in [0.2, 0.25) is 11.1 Å². The first-order chi connectivity index (χ1) is 10.1. The van der Waals surface area contributed by atoms with Gasteiger partial charge in [-0.05, 0) is 17.2 Å². The molecule has 0 aliphatic heterocycles. The molecule has 8 heteroatoms. The van der Waals surface area contributed by atoms with Crippen molar-refractivity contribution in [1.29, 1.82) is 0 Å². The number of hydrogen-bond donors (Lipinski definition) is 1. The summed E-state index contributed by atoms with van der Waals surface area (Å²) < 4.78 is 0. The van der Waals surface area contributed by atoms with Gasteiger partial charge in [-0.25, -0.2) is 4.98 Å². The van der Waals surface area contributed by atoms with Gasteiger partial charge in [0.1, 0.15) is 6.20 Å². The Morgan fingerprint density at radius 3 is 2.67 bits per heavy atom. The quantitative estimate of drug-likeness (QED) is 0.499. The Labute approximate surface area is 126 Å². The zero-order valence-electron chi connectivity index (χ0n) is 11.0. The topological polar surface area (TPSA) is 92.4 Å². The lowest BCUT2D eigenvalue weighted by Crippen LogP contribution is -2.28. The molecule has 2 aromatic rings. The Balaban J connectivity index is 2.37. The summed E-state index contributed by atoms with van der Waals surface area (Å²) in [4.78, 5) is 19.7. The summed E-state index contributed by atoms with van der Waals surface area (Å²) in [6.45, 7) is 0.407. The maximum Gasteiger partial charge on any atom is 0.329 e. The molecular formula is C13H13ClN4O3. The number of nitrogens with zero attached hydrogens (tertiary/aromatic N) is 4. The highest BCUT2D eigenvalue weighted by atomic mass is 35.5. The molecular weight excluding hydrogens is 296 g/mol. The van der Waals surface area contributed by atoms with E-state index in [1.165, 1.54) is 0 Å². The van der Waals surface area contributed by atoms with Crippen LogP contribution in [0.5, 0.6) is 0 Å². The minimum atomic E-state index is -0.568. The monoisotopic (exact) mass is 308 g/mol. The average molecular weight is 309 g/mol. The lowest BCUT2D eigenvalue weighted by molar-refractivity contribution is -0.384. The van der Waals surface area contributed by atoms with E-state index >= 15 is 0 Å². The Kier molecular flexibility index (Phi) is 5.02. The van der Waals surface area contributed by atoms with Crippen molar-refractivity contribution in [3.05, 3.63) is 57.5 Å². The summed E-state index contributed by atoms with van der Waals surface area (Å²) >= 11 is 5.73. The van der Waals surface area contributed by atoms with Gasteiger partial charge in [-0.15, -0.1) is 0 Å². The fraction of sp³-hybridized carbons (Fsp3) is 0.231. The van der Waals surface area contributed by atoms with E-state index in [-0.39, 0.29) is 29.9 Å². The number of benzene rings is 1. The van der Waals surface area contributed by atoms with Crippen LogP contribution in [0.4, 0.5) is 11.5 Å². The van der Waals surface area contributed by atoms with Crippen LogP contribution in [0.25, 0.3) is 0 Å². The molecule has 1 N–H and O–H groups in total. The van der Waals surface area contributed by atoms with Crippen LogP contribution >= 0.6 is 11.6 Å². The van der Waals surface area contributed by atoms with Crippen LogP contribution < -0.4 is 4.90 Å². The lowest BCUT2D eigenvalue weighted by atomic mass is 10.2. The highest BCUT2D eigenvalue weighted by Gasteiger charge is 2.22. The maximum absolute atomic E-state index is 11.1. The summed E-state index contributed by atoms with van der Waals surface area (Å²) in [6, 6.07) is 9.39. The summed E-state index contributed by atoms with van der Waals surface area (Å²) in [7, 11) is 0. The fourth-order valence-corrected chi connectivity index (χ4v) is 2.02. The molecule has 0 fully saturated rings. The second-order valence-electron chi connectivity index (χ2n) is 4.24. The zero-order valence-corrected chi connectivity index (χ0v) is 11.8. The van der Waals surface area contributed by atoms with Crippen molar-refractivity contribution in [3.8, 4) is 0 Å². The van der Waals surface area contributed by atoms with E-state index in [4.69, 9.17) is 11.6 Å². The number of aliphatic hydroxyl groups is 1. The smallest absolute Gasteiger partial charge is 0.329 e. The van der Waals surface area contributed by atoms with E-state index in [1.54, 1.807) is 4.90 Å². The Bertz CT molecular complexity index is 624. The molecule has 0 atom stereocenters. The second-order valence-corrected chi connectivity index (χ2v) is 4.57. The van der Waals surface area contributed by atoms with Gasteiger partial charge in [0.05, 0.1) is 11.5 Å². The van der Waals surface area contributed by atoms with Crippen LogP contribution in [0.3, 0.4) is 0 Å². The first-order valence-electron chi connectivity index (χ1n) is 6.18. The molecule has 0 amide bonds. The van der Waals surface area contributed by atoms with Gasteiger partial charge >= 0.3 is 5.69 Å². The van der Waals surface area contributed by atoms with E-state index in [9.17, 15) is 15.2 Å². The molecule has 0 bridgehead atoms. The van der Waals surface area contributed by atoms with Crippen LogP contribution in [-0.4, -0.2) is 33.1 Å². The van der Waals surface area contributed by atoms with Crippen LogP contribution in [0.1, 0.15) is 5.56 Å². The molecule has 0 spiro atoms. The molecule has 1 aromatic carbocycles. The third-order valence-corrected chi connectivity index (χ3v) is 2.99. The van der Waals surface area contributed by atoms with Crippen molar-refractivity contribution in [2.24, 2.45) is 0 Å². The van der Waals surface area contributed by atoms with Gasteiger partial charge in [0.15, 0.2) is 0 Å². The number of rotatable bonds is 6. The van der Waals surface area contributed by atoms with Crippen molar-refractivity contribution in [2.75, 3.05) is 18.1 Å². The third kappa shape index (κ3) is 3.87. The molecule has 0 radical (unpaired) electrons. The largest absolute Gasteiger partial charge is 0.395 e. The number of halogens is 1. The summed E-state index contributed by atoms with van der Waals surface area (Å²) in [5, 5.41) is 20.2. The summed E-state index contributed by atoms with van der Waals surface area (Å²) in [5.74, 6) is 0.0953. The van der Waals surface area contributed by atoms with E-state index in [0.717, 1.165) is 11.8 Å². The van der Waals surface area contributed by atoms with Crippen molar-refractivity contribution < 1.29 is 10.0 Å². The normalized spacial score (nSPS) is 10.4. The van der Waals surface area contributed by atoms with Gasteiger partial charge < -0.3 is 10.0 Å². The van der Waals surface area contributed by atoms with Crippen molar-refractivity contribution in [3.63, 3.8) is 0 Å². The number of aromatic nitrogens is 2. The number of hydrogen-bond acceptors (Lipinski definition) is 6. The molecule has 7 nitrogen and oxygen atoms in total. The predicted molar refractivity (Wildman–Crippen MR) is 78.3 cm³/mol. The molecule has 0 aliphatic carbocycles. The lowest BCUT2D eigenvalue weighted by Gasteiger charge is -2.22. The third-order valence-electron chi connectivity index (χ3n) is 2.80. The standard InChI is InChI=1S/C13H13ClN4O3/c14-13-15-8-11(18(20)21)12(16-13)17(6-7-19)9-10-4-2-1-3-5-10/h1-5,8,19H,6-7,9H2. The Morgan fingerprint density at radius 2 is 2.05 bits per heavy atom. The fourth-order valence-electron chi connectivity index (χ4n) is 1.89. The highest BCUT2D eigenvalue weighted by molar-refractivity contribution is 6.28. The molecule has 1 aromatic heterocycles. The second kappa shape index (κ2) is 6.96. The van der Waals surface area contributed by atoms with Crippen LogP contribution in [0, 0.1) is 10.1 Å². The first kappa shape index (κ1) is 15.1. The molecule has 0 saturated heterocycles. The van der Waals surface area contributed by atoms with Crippen molar-refractivity contribution in [2.45, 2.75) is 6.54 Å². The molecule has 0 saturated carbocycles. The molecule has 21 heavy (non-hydrogen) atoms. The van der Waals surface area contributed by atoms with Crippen LogP contribution in [-0.2, 0) is 6.54 Å². The maximum atomic E-state index is 11.1. The molecule has 1 heterocycles. The Morgan fingerprint density at radius 1 is 1.33 bits per heavy atom. The number of anilines is 1. The number of aliphatic hydroxyl groups excluding tert-OH is 1. The summed E-state index contributed by atoms with van der Waals surface area (Å²) in [6.07, 6.45) is 1.07. The van der Waals surface area contributed by atoms with Gasteiger partial charge in [0, 0.05) is 13.1 Å². The SMILES string of the molecule is O=[N+]([O-])c1cnc(Cl)nc1N(CCO)Cc1ccccc1. The van der Waals surface area contributed by atoms with E-state index in [2.05, 4.69) is 9.97 Å². The highest BCUT2D eigenvalue weighted by Crippen LogP contribution is 2.27. The van der Waals surface area contributed by atoms with Gasteiger partial charge in [-0.3, -0.25) is 10.1 Å². The Hall–Kier alpha value is -2.25. The van der Waals surface area contributed by atoms with E-state index in [0.29, 0.717) is 6.54 Å². The van der Waals surface area contributed by atoms with Gasteiger partial charge in [0.25, 0.3) is 0 Å². The van der Waals surface area contributed by atoms with Crippen LogP contribution in [0.2, 0.25) is 5.28 Å². The van der Waals surface area contributed by atoms with E-state index in [1.807, 2.05) is 30.3 Å². The zero-order chi connectivity index (χ0) is 15.2. The first-order valence-corrected chi connectivity index (χ1v) is 6.56. The minimum Gasteiger partial charge on any atom is -0.395 e. The summed E-state index contributed by atoms with van der Waals surface area (Å²) in [5.41, 5.74) is 0.693. The van der Waals surface area contributed by atoms with Gasteiger partial charge in [-0.1, -0.05) is 30.3 Å². The molecule has 110 valence electrons.